The molecule has 0 atom stereocenters. The van der Waals surface area contributed by atoms with Crippen molar-refractivity contribution in [3.8, 4) is 0 Å². The highest BCUT2D eigenvalue weighted by molar-refractivity contribution is 5.79. The van der Waals surface area contributed by atoms with Gasteiger partial charge in [-0.1, -0.05) is 0 Å². The molecule has 0 heterocycles. The molecule has 1 fully saturated rings. The van der Waals surface area contributed by atoms with E-state index in [0.717, 1.165) is 12.8 Å². The van der Waals surface area contributed by atoms with Gasteiger partial charge in [-0.15, -0.1) is 0 Å². The molecule has 0 aromatic rings. The summed E-state index contributed by atoms with van der Waals surface area (Å²) in [7, 11) is 1.61. The second kappa shape index (κ2) is 3.22. The second-order valence-electron chi connectivity index (χ2n) is 2.93. The lowest BCUT2D eigenvalue weighted by atomic mass is 10.1. The van der Waals surface area contributed by atoms with Crippen LogP contribution >= 0.6 is 0 Å². The van der Waals surface area contributed by atoms with Crippen molar-refractivity contribution in [1.29, 1.82) is 0 Å². The van der Waals surface area contributed by atoms with Crippen LogP contribution in [0.25, 0.3) is 0 Å². The Bertz CT molecular complexity index is 149. The van der Waals surface area contributed by atoms with E-state index < -0.39 is 0 Å². The summed E-state index contributed by atoms with van der Waals surface area (Å²) in [4.78, 5) is 11.2. The van der Waals surface area contributed by atoms with Gasteiger partial charge in [0.2, 0.25) is 0 Å². The fourth-order valence-corrected chi connectivity index (χ4v) is 1.12. The Labute approximate surface area is 66.7 Å². The summed E-state index contributed by atoms with van der Waals surface area (Å²) in [5, 5.41) is 0. The molecule has 0 amide bonds. The molecule has 0 N–H and O–H groups in total. The number of ether oxygens (including phenoxy) is 2. The molecular weight excluding hydrogens is 144 g/mol. The Morgan fingerprint density at radius 2 is 2.18 bits per heavy atom. The van der Waals surface area contributed by atoms with Gasteiger partial charge in [0.1, 0.15) is 0 Å². The summed E-state index contributed by atoms with van der Waals surface area (Å²) >= 11 is 0. The summed E-state index contributed by atoms with van der Waals surface area (Å²) in [5.74, 6) is -0.0955. The Morgan fingerprint density at radius 3 is 2.55 bits per heavy atom. The number of carbonyl (C=O) groups excluding carboxylic acids is 1. The van der Waals surface area contributed by atoms with Gasteiger partial charge in [0.25, 0.3) is 0 Å². The van der Waals surface area contributed by atoms with Gasteiger partial charge < -0.3 is 9.47 Å². The molecule has 0 aromatic heterocycles. The Morgan fingerprint density at radius 1 is 1.55 bits per heavy atom. The molecule has 1 saturated carbocycles. The number of rotatable bonds is 4. The van der Waals surface area contributed by atoms with Gasteiger partial charge >= 0.3 is 5.97 Å². The van der Waals surface area contributed by atoms with Crippen LogP contribution in [-0.2, 0) is 14.3 Å². The number of hydrogen-bond acceptors (Lipinski definition) is 3. The van der Waals surface area contributed by atoms with E-state index in [1.807, 2.05) is 6.92 Å². The van der Waals surface area contributed by atoms with Crippen molar-refractivity contribution in [2.24, 2.45) is 5.41 Å². The molecule has 0 radical (unpaired) electrons. The van der Waals surface area contributed by atoms with Crippen molar-refractivity contribution in [3.63, 3.8) is 0 Å². The Hall–Kier alpha value is -0.570. The molecule has 3 nitrogen and oxygen atoms in total. The Kier molecular flexibility index (Phi) is 2.49. The molecule has 0 bridgehead atoms. The van der Waals surface area contributed by atoms with Crippen LogP contribution in [0, 0.1) is 5.41 Å². The van der Waals surface area contributed by atoms with Crippen LogP contribution in [0.5, 0.6) is 0 Å². The maximum absolute atomic E-state index is 11.2. The van der Waals surface area contributed by atoms with Gasteiger partial charge in [-0.3, -0.25) is 4.79 Å². The van der Waals surface area contributed by atoms with E-state index in [2.05, 4.69) is 0 Å². The topological polar surface area (TPSA) is 35.5 Å². The molecule has 1 aliphatic carbocycles. The van der Waals surface area contributed by atoms with E-state index in [0.29, 0.717) is 13.2 Å². The molecule has 0 aliphatic heterocycles. The van der Waals surface area contributed by atoms with Gasteiger partial charge in [-0.25, -0.2) is 0 Å². The van der Waals surface area contributed by atoms with Crippen LogP contribution < -0.4 is 0 Å². The smallest absolute Gasteiger partial charge is 0.314 e. The molecule has 0 saturated heterocycles. The maximum Gasteiger partial charge on any atom is 0.314 e. The summed E-state index contributed by atoms with van der Waals surface area (Å²) in [6, 6.07) is 0. The van der Waals surface area contributed by atoms with Crippen molar-refractivity contribution in [2.75, 3.05) is 20.3 Å². The highest BCUT2D eigenvalue weighted by atomic mass is 16.5. The van der Waals surface area contributed by atoms with Gasteiger partial charge in [0.15, 0.2) is 0 Å². The lowest BCUT2D eigenvalue weighted by Crippen LogP contribution is -2.23. The molecule has 1 rings (SSSR count). The summed E-state index contributed by atoms with van der Waals surface area (Å²) in [5.41, 5.74) is -0.273. The normalized spacial score (nSPS) is 19.5. The molecule has 11 heavy (non-hydrogen) atoms. The lowest BCUT2D eigenvalue weighted by Gasteiger charge is -2.11. The first kappa shape index (κ1) is 8.53. The van der Waals surface area contributed by atoms with Crippen molar-refractivity contribution in [3.05, 3.63) is 0 Å². The average Bonchev–Trinajstić information content (AvgIpc) is 2.71. The zero-order valence-corrected chi connectivity index (χ0v) is 7.05. The van der Waals surface area contributed by atoms with Crippen molar-refractivity contribution in [1.82, 2.24) is 0 Å². The van der Waals surface area contributed by atoms with E-state index in [4.69, 9.17) is 9.47 Å². The third-order valence-electron chi connectivity index (χ3n) is 1.98. The first-order valence-electron chi connectivity index (χ1n) is 3.91. The quantitative estimate of drug-likeness (QED) is 0.572. The van der Waals surface area contributed by atoms with Crippen LogP contribution in [-0.4, -0.2) is 26.3 Å². The zero-order chi connectivity index (χ0) is 8.32. The lowest BCUT2D eigenvalue weighted by molar-refractivity contribution is -0.151. The maximum atomic E-state index is 11.2. The van der Waals surface area contributed by atoms with Crippen molar-refractivity contribution in [2.45, 2.75) is 19.8 Å². The van der Waals surface area contributed by atoms with E-state index in [1.165, 1.54) is 0 Å². The van der Waals surface area contributed by atoms with E-state index in [9.17, 15) is 4.79 Å². The summed E-state index contributed by atoms with van der Waals surface area (Å²) in [6.07, 6.45) is 1.83. The predicted octanol–water partition coefficient (Wildman–Crippen LogP) is 0.976. The van der Waals surface area contributed by atoms with Gasteiger partial charge in [0, 0.05) is 7.11 Å². The van der Waals surface area contributed by atoms with Gasteiger partial charge in [-0.2, -0.15) is 0 Å². The van der Waals surface area contributed by atoms with Gasteiger partial charge in [-0.05, 0) is 19.8 Å². The summed E-state index contributed by atoms with van der Waals surface area (Å²) < 4.78 is 9.84. The van der Waals surface area contributed by atoms with Crippen molar-refractivity contribution < 1.29 is 14.3 Å². The monoisotopic (exact) mass is 158 g/mol. The molecular formula is C8H14O3. The van der Waals surface area contributed by atoms with Crippen LogP contribution in [0.3, 0.4) is 0 Å². The minimum atomic E-state index is -0.273. The van der Waals surface area contributed by atoms with Crippen molar-refractivity contribution >= 4 is 5.97 Å². The number of hydrogen-bond donors (Lipinski definition) is 0. The third kappa shape index (κ3) is 1.71. The standard InChI is InChI=1S/C8H14O3/c1-3-11-7(9)8(4-5-8)6-10-2/h3-6H2,1-2H3. The largest absolute Gasteiger partial charge is 0.465 e. The predicted molar refractivity (Wildman–Crippen MR) is 40.2 cm³/mol. The van der Waals surface area contributed by atoms with Crippen LogP contribution in [0.2, 0.25) is 0 Å². The molecule has 0 unspecified atom stereocenters. The van der Waals surface area contributed by atoms with E-state index >= 15 is 0 Å². The number of methoxy groups -OCH3 is 1. The first-order valence-corrected chi connectivity index (χ1v) is 3.91. The molecule has 0 aromatic carbocycles. The Balaban J connectivity index is 2.38. The highest BCUT2D eigenvalue weighted by Gasteiger charge is 2.51. The molecule has 1 aliphatic rings. The third-order valence-corrected chi connectivity index (χ3v) is 1.98. The number of carbonyl (C=O) groups is 1. The molecule has 0 spiro atoms. The van der Waals surface area contributed by atoms with Crippen LogP contribution in [0.4, 0.5) is 0 Å². The van der Waals surface area contributed by atoms with Crippen LogP contribution in [0.15, 0.2) is 0 Å². The fraction of sp³-hybridized carbons (Fsp3) is 0.875. The zero-order valence-electron chi connectivity index (χ0n) is 7.05. The van der Waals surface area contributed by atoms with Crippen LogP contribution in [0.1, 0.15) is 19.8 Å². The minimum Gasteiger partial charge on any atom is -0.465 e. The fourth-order valence-electron chi connectivity index (χ4n) is 1.12. The SMILES string of the molecule is CCOC(=O)C1(COC)CC1. The van der Waals surface area contributed by atoms with Gasteiger partial charge in [0.05, 0.1) is 18.6 Å². The first-order chi connectivity index (χ1) is 5.25. The second-order valence-corrected chi connectivity index (χ2v) is 2.93. The minimum absolute atomic E-state index is 0.0955. The number of esters is 1. The van der Waals surface area contributed by atoms with E-state index in [-0.39, 0.29) is 11.4 Å². The average molecular weight is 158 g/mol. The highest BCUT2D eigenvalue weighted by Crippen LogP contribution is 2.46. The summed E-state index contributed by atoms with van der Waals surface area (Å²) in [6.45, 7) is 2.79. The van der Waals surface area contributed by atoms with E-state index in [1.54, 1.807) is 7.11 Å². The molecule has 64 valence electrons. The molecule has 3 heteroatoms.